The van der Waals surface area contributed by atoms with Crippen LogP contribution < -0.4 is 10.1 Å². The van der Waals surface area contributed by atoms with Crippen molar-refractivity contribution < 1.29 is 35.9 Å². The Morgan fingerprint density at radius 1 is 1.14 bits per heavy atom. The molecule has 1 amide bonds. The van der Waals surface area contributed by atoms with Gasteiger partial charge in [0.2, 0.25) is 0 Å². The average molecular weight is 407 g/mol. The first-order valence-electron chi connectivity index (χ1n) is 8.32. The molecule has 1 aromatic carbocycles. The van der Waals surface area contributed by atoms with Gasteiger partial charge in [0.05, 0.1) is 6.54 Å². The van der Waals surface area contributed by atoms with E-state index in [9.17, 15) is 31.1 Å². The molecule has 0 spiro atoms. The number of aromatic nitrogens is 2. The van der Waals surface area contributed by atoms with Crippen molar-refractivity contribution >= 4 is 5.91 Å². The van der Waals surface area contributed by atoms with Gasteiger partial charge in [-0.1, -0.05) is 0 Å². The number of rotatable bonds is 6. The largest absolute Gasteiger partial charge is 0.573 e. The number of halogens is 6. The fourth-order valence-corrected chi connectivity index (χ4v) is 2.64. The zero-order valence-corrected chi connectivity index (χ0v) is 14.3. The summed E-state index contributed by atoms with van der Waals surface area (Å²) in [5, 5.41) is 6.08. The van der Waals surface area contributed by atoms with Crippen molar-refractivity contribution in [2.45, 2.75) is 37.8 Å². The second-order valence-electron chi connectivity index (χ2n) is 6.28. The molecule has 0 bridgehead atoms. The Hall–Kier alpha value is -2.72. The number of nitrogens with one attached hydrogen (secondary N) is 1. The first-order chi connectivity index (χ1) is 13.0. The summed E-state index contributed by atoms with van der Waals surface area (Å²) >= 11 is 0. The predicted octanol–water partition coefficient (Wildman–Crippen LogP) is 4.11. The van der Waals surface area contributed by atoms with Gasteiger partial charge in [-0.2, -0.15) is 18.3 Å². The third-order valence-corrected chi connectivity index (χ3v) is 4.06. The molecule has 1 aliphatic rings. The lowest BCUT2D eigenvalue weighted by molar-refractivity contribution is -0.274. The molecule has 0 radical (unpaired) electrons. The highest BCUT2D eigenvalue weighted by Gasteiger charge is 2.37. The van der Waals surface area contributed by atoms with Gasteiger partial charge in [-0.3, -0.25) is 9.48 Å². The minimum absolute atomic E-state index is 0.0122. The molecule has 3 rings (SSSR count). The van der Waals surface area contributed by atoms with Crippen LogP contribution in [-0.4, -0.2) is 28.6 Å². The van der Waals surface area contributed by atoms with Crippen LogP contribution in [0.5, 0.6) is 5.75 Å². The van der Waals surface area contributed by atoms with Crippen LogP contribution >= 0.6 is 0 Å². The highest BCUT2D eigenvalue weighted by Crippen LogP contribution is 2.42. The molecule has 1 saturated carbocycles. The third-order valence-electron chi connectivity index (χ3n) is 4.06. The Morgan fingerprint density at radius 2 is 1.79 bits per heavy atom. The van der Waals surface area contributed by atoms with E-state index in [0.29, 0.717) is 5.69 Å². The maximum absolute atomic E-state index is 12.8. The fourth-order valence-electron chi connectivity index (χ4n) is 2.64. The lowest BCUT2D eigenvalue weighted by Crippen LogP contribution is -2.28. The van der Waals surface area contributed by atoms with Gasteiger partial charge in [0.25, 0.3) is 5.91 Å². The fraction of sp³-hybridized carbons (Fsp3) is 0.412. The topological polar surface area (TPSA) is 56.2 Å². The van der Waals surface area contributed by atoms with E-state index in [1.54, 1.807) is 0 Å². The molecule has 2 aromatic rings. The SMILES string of the molecule is O=C(NCCn1nc(C(F)(F)F)cc1C1CC1)c1ccc(OC(F)(F)F)cc1. The lowest BCUT2D eigenvalue weighted by Gasteiger charge is -2.10. The molecule has 0 aliphatic heterocycles. The summed E-state index contributed by atoms with van der Waals surface area (Å²) in [5.74, 6) is -0.996. The van der Waals surface area contributed by atoms with Crippen molar-refractivity contribution in [2.75, 3.05) is 6.54 Å². The van der Waals surface area contributed by atoms with Gasteiger partial charge in [0.15, 0.2) is 5.69 Å². The van der Waals surface area contributed by atoms with Crippen molar-refractivity contribution in [3.05, 3.63) is 47.3 Å². The first-order valence-corrected chi connectivity index (χ1v) is 8.32. The van der Waals surface area contributed by atoms with Gasteiger partial charge < -0.3 is 10.1 Å². The summed E-state index contributed by atoms with van der Waals surface area (Å²) in [4.78, 5) is 12.0. The Kier molecular flexibility index (Phi) is 5.26. The van der Waals surface area contributed by atoms with E-state index in [-0.39, 0.29) is 24.6 Å². The van der Waals surface area contributed by atoms with Crippen LogP contribution in [-0.2, 0) is 12.7 Å². The molecule has 0 saturated heterocycles. The van der Waals surface area contributed by atoms with Crippen LogP contribution in [0.3, 0.4) is 0 Å². The predicted molar refractivity (Wildman–Crippen MR) is 84.7 cm³/mol. The second kappa shape index (κ2) is 7.36. The van der Waals surface area contributed by atoms with Crippen molar-refractivity contribution in [3.63, 3.8) is 0 Å². The third kappa shape index (κ3) is 5.17. The second-order valence-corrected chi connectivity index (χ2v) is 6.28. The summed E-state index contributed by atoms with van der Waals surface area (Å²) in [6.07, 6.45) is -7.79. The average Bonchev–Trinajstić information content (AvgIpc) is 3.33. The van der Waals surface area contributed by atoms with Gasteiger partial charge in [-0.15, -0.1) is 13.2 Å². The Bertz CT molecular complexity index is 838. The number of amides is 1. The highest BCUT2D eigenvalue weighted by molar-refractivity contribution is 5.94. The van der Waals surface area contributed by atoms with E-state index in [1.165, 1.54) is 4.68 Å². The maximum Gasteiger partial charge on any atom is 0.573 e. The van der Waals surface area contributed by atoms with E-state index in [2.05, 4.69) is 15.2 Å². The summed E-state index contributed by atoms with van der Waals surface area (Å²) in [6.45, 7) is 0.0568. The molecular weight excluding hydrogens is 392 g/mol. The monoisotopic (exact) mass is 407 g/mol. The number of carbonyl (C=O) groups excluding carboxylic acids is 1. The Labute approximate surface area is 155 Å². The van der Waals surface area contributed by atoms with Gasteiger partial charge in [-0.05, 0) is 43.2 Å². The molecule has 0 atom stereocenters. The van der Waals surface area contributed by atoms with Crippen LogP contribution in [0.25, 0.3) is 0 Å². The number of hydrogen-bond donors (Lipinski definition) is 1. The highest BCUT2D eigenvalue weighted by atomic mass is 19.4. The number of nitrogens with zero attached hydrogens (tertiary/aromatic N) is 2. The van der Waals surface area contributed by atoms with Gasteiger partial charge in [0.1, 0.15) is 5.75 Å². The molecular formula is C17H15F6N3O2. The van der Waals surface area contributed by atoms with Crippen LogP contribution in [0.15, 0.2) is 30.3 Å². The number of benzene rings is 1. The van der Waals surface area contributed by atoms with Crippen molar-refractivity contribution in [1.29, 1.82) is 0 Å². The van der Waals surface area contributed by atoms with E-state index < -0.39 is 29.9 Å². The molecule has 1 N–H and O–H groups in total. The summed E-state index contributed by atoms with van der Waals surface area (Å²) in [7, 11) is 0. The molecule has 5 nitrogen and oxygen atoms in total. The Balaban J connectivity index is 1.58. The number of alkyl halides is 6. The van der Waals surface area contributed by atoms with E-state index in [0.717, 1.165) is 43.2 Å². The summed E-state index contributed by atoms with van der Waals surface area (Å²) in [6, 6.07) is 5.33. The van der Waals surface area contributed by atoms with E-state index in [1.807, 2.05) is 0 Å². The van der Waals surface area contributed by atoms with E-state index >= 15 is 0 Å². The molecule has 1 aromatic heterocycles. The van der Waals surface area contributed by atoms with Crippen LogP contribution in [0.2, 0.25) is 0 Å². The van der Waals surface area contributed by atoms with Crippen LogP contribution in [0, 0.1) is 0 Å². The quantitative estimate of drug-likeness (QED) is 0.734. The molecule has 28 heavy (non-hydrogen) atoms. The molecule has 11 heteroatoms. The lowest BCUT2D eigenvalue weighted by atomic mass is 10.2. The smallest absolute Gasteiger partial charge is 0.406 e. The minimum atomic E-state index is -4.83. The van der Waals surface area contributed by atoms with Gasteiger partial charge in [0, 0.05) is 23.7 Å². The van der Waals surface area contributed by atoms with Gasteiger partial charge >= 0.3 is 12.5 Å². The molecule has 1 heterocycles. The normalized spacial score (nSPS) is 14.8. The number of hydrogen-bond acceptors (Lipinski definition) is 3. The summed E-state index contributed by atoms with van der Waals surface area (Å²) < 4.78 is 79.8. The molecule has 1 aliphatic carbocycles. The van der Waals surface area contributed by atoms with E-state index in [4.69, 9.17) is 0 Å². The van der Waals surface area contributed by atoms with Gasteiger partial charge in [-0.25, -0.2) is 0 Å². The van der Waals surface area contributed by atoms with Crippen molar-refractivity contribution in [2.24, 2.45) is 0 Å². The van der Waals surface area contributed by atoms with Crippen LogP contribution in [0.4, 0.5) is 26.3 Å². The summed E-state index contributed by atoms with van der Waals surface area (Å²) in [5.41, 5.74) is -0.399. The molecule has 0 unspecified atom stereocenters. The zero-order chi connectivity index (χ0) is 20.5. The van der Waals surface area contributed by atoms with Crippen molar-refractivity contribution in [3.8, 4) is 5.75 Å². The van der Waals surface area contributed by atoms with Crippen LogP contribution in [0.1, 0.15) is 40.5 Å². The van der Waals surface area contributed by atoms with Crippen molar-refractivity contribution in [1.82, 2.24) is 15.1 Å². The number of carbonyl (C=O) groups is 1. The zero-order valence-electron chi connectivity index (χ0n) is 14.3. The standard InChI is InChI=1S/C17H15F6N3O2/c18-16(19,20)14-9-13(10-1-2-10)26(25-14)8-7-24-15(27)11-3-5-12(6-4-11)28-17(21,22)23/h3-6,9-10H,1-2,7-8H2,(H,24,27). The maximum atomic E-state index is 12.8. The Morgan fingerprint density at radius 3 is 2.32 bits per heavy atom. The first kappa shape index (κ1) is 20.0. The minimum Gasteiger partial charge on any atom is -0.406 e. The molecule has 1 fully saturated rings. The number of ether oxygens (including phenoxy) is 1. The molecule has 152 valence electrons.